The summed E-state index contributed by atoms with van der Waals surface area (Å²) < 4.78 is 15.4. The molecule has 0 aliphatic carbocycles. The molecule has 0 amide bonds. The second kappa shape index (κ2) is 5.90. The maximum Gasteiger partial charge on any atom is 0.326 e. The van der Waals surface area contributed by atoms with E-state index in [9.17, 15) is 9.18 Å². The van der Waals surface area contributed by atoms with E-state index in [1.165, 1.54) is 12.5 Å². The van der Waals surface area contributed by atoms with Crippen LogP contribution < -0.4 is 11.0 Å². The standard InChI is InChI=1S/C13H10BFN3O2.H2O/c15-10-6-18(12-11(10)13(19)17-7-16-12)5-8-1-3-9(14-20)4-2-8;/h1-4,6-7,20H,5H2,(H,16,17,19);1H2. The van der Waals surface area contributed by atoms with E-state index in [4.69, 9.17) is 5.02 Å². The van der Waals surface area contributed by atoms with Gasteiger partial charge in [0.1, 0.15) is 5.39 Å². The second-order valence-corrected chi connectivity index (χ2v) is 4.41. The number of H-pyrrole nitrogens is 1. The maximum atomic E-state index is 13.8. The largest absolute Gasteiger partial charge is 0.450 e. The topological polar surface area (TPSA) is 102 Å². The van der Waals surface area contributed by atoms with Gasteiger partial charge in [0, 0.05) is 12.7 Å². The first-order valence-electron chi connectivity index (χ1n) is 5.97. The van der Waals surface area contributed by atoms with Gasteiger partial charge < -0.3 is 20.1 Å². The summed E-state index contributed by atoms with van der Waals surface area (Å²) in [5.74, 6) is -0.588. The number of benzene rings is 1. The van der Waals surface area contributed by atoms with Crippen molar-refractivity contribution >= 4 is 24.0 Å². The lowest BCUT2D eigenvalue weighted by molar-refractivity contribution is 0.615. The van der Waals surface area contributed by atoms with Crippen LogP contribution in [0.15, 0.2) is 41.6 Å². The Morgan fingerprint density at radius 1 is 1.33 bits per heavy atom. The fourth-order valence-corrected chi connectivity index (χ4v) is 2.11. The van der Waals surface area contributed by atoms with Crippen LogP contribution in [-0.4, -0.2) is 32.5 Å². The molecule has 0 atom stereocenters. The van der Waals surface area contributed by atoms with Crippen LogP contribution in [0, 0.1) is 5.82 Å². The number of halogens is 1. The number of fused-ring (bicyclic) bond motifs is 1. The smallest absolute Gasteiger partial charge is 0.326 e. The molecule has 1 aromatic carbocycles. The average molecular weight is 288 g/mol. The summed E-state index contributed by atoms with van der Waals surface area (Å²) in [5, 5.41) is 8.83. The van der Waals surface area contributed by atoms with Gasteiger partial charge in [0.05, 0.1) is 6.33 Å². The fraction of sp³-hybridized carbons (Fsp3) is 0.0769. The second-order valence-electron chi connectivity index (χ2n) is 4.41. The monoisotopic (exact) mass is 288 g/mol. The highest BCUT2D eigenvalue weighted by Gasteiger charge is 2.12. The number of aromatic nitrogens is 3. The first-order valence-corrected chi connectivity index (χ1v) is 5.97. The Labute approximate surface area is 119 Å². The van der Waals surface area contributed by atoms with Crippen molar-refractivity contribution in [2.45, 2.75) is 6.54 Å². The predicted molar refractivity (Wildman–Crippen MR) is 77.1 cm³/mol. The lowest BCUT2D eigenvalue weighted by atomic mass is 9.88. The van der Waals surface area contributed by atoms with Crippen LogP contribution >= 0.6 is 0 Å². The highest BCUT2D eigenvalue weighted by atomic mass is 19.1. The third kappa shape index (κ3) is 2.71. The van der Waals surface area contributed by atoms with Crippen molar-refractivity contribution in [3.63, 3.8) is 0 Å². The molecule has 2 aromatic heterocycles. The molecule has 0 bridgehead atoms. The fourth-order valence-electron chi connectivity index (χ4n) is 2.11. The van der Waals surface area contributed by atoms with Gasteiger partial charge in [0.15, 0.2) is 11.5 Å². The molecule has 0 fully saturated rings. The number of nitrogens with zero attached hydrogens (tertiary/aromatic N) is 2. The summed E-state index contributed by atoms with van der Waals surface area (Å²) >= 11 is 0. The van der Waals surface area contributed by atoms with E-state index in [1.54, 1.807) is 16.7 Å². The molecular weight excluding hydrogens is 276 g/mol. The van der Waals surface area contributed by atoms with Gasteiger partial charge in [-0.15, -0.1) is 0 Å². The molecule has 0 unspecified atom stereocenters. The van der Waals surface area contributed by atoms with Crippen LogP contribution in [0.5, 0.6) is 0 Å². The zero-order valence-electron chi connectivity index (χ0n) is 10.9. The van der Waals surface area contributed by atoms with E-state index in [0.29, 0.717) is 17.7 Å². The van der Waals surface area contributed by atoms with E-state index in [-0.39, 0.29) is 10.9 Å². The summed E-state index contributed by atoms with van der Waals surface area (Å²) in [7, 11) is 1.01. The SMILES string of the molecule is O.O=c1[nH]cnc2c1c(F)cn2Cc1ccc([B]O)cc1. The molecule has 4 N–H and O–H groups in total. The Kier molecular flexibility index (Phi) is 4.20. The third-order valence-corrected chi connectivity index (χ3v) is 3.09. The lowest BCUT2D eigenvalue weighted by Gasteiger charge is -2.05. The molecule has 21 heavy (non-hydrogen) atoms. The molecule has 0 spiro atoms. The van der Waals surface area contributed by atoms with E-state index >= 15 is 0 Å². The number of aromatic amines is 1. The van der Waals surface area contributed by atoms with E-state index in [0.717, 1.165) is 13.0 Å². The van der Waals surface area contributed by atoms with Crippen LogP contribution in [0.4, 0.5) is 4.39 Å². The molecule has 3 rings (SSSR count). The minimum Gasteiger partial charge on any atom is -0.450 e. The van der Waals surface area contributed by atoms with E-state index < -0.39 is 11.4 Å². The van der Waals surface area contributed by atoms with Gasteiger partial charge >= 0.3 is 7.48 Å². The lowest BCUT2D eigenvalue weighted by Crippen LogP contribution is -2.13. The van der Waals surface area contributed by atoms with Crippen molar-refractivity contribution in [2.75, 3.05) is 0 Å². The minimum atomic E-state index is -0.588. The summed E-state index contributed by atoms with van der Waals surface area (Å²) in [6.45, 7) is 0.391. The Morgan fingerprint density at radius 2 is 2.05 bits per heavy atom. The van der Waals surface area contributed by atoms with Crippen molar-refractivity contribution in [2.24, 2.45) is 0 Å². The van der Waals surface area contributed by atoms with Crippen molar-refractivity contribution in [1.29, 1.82) is 0 Å². The Morgan fingerprint density at radius 3 is 2.71 bits per heavy atom. The number of nitrogens with one attached hydrogen (secondary N) is 1. The molecule has 0 aliphatic heterocycles. The maximum absolute atomic E-state index is 13.8. The molecule has 0 aliphatic rings. The minimum absolute atomic E-state index is 0. The zero-order chi connectivity index (χ0) is 14.1. The highest BCUT2D eigenvalue weighted by molar-refractivity contribution is 6.45. The summed E-state index contributed by atoms with van der Waals surface area (Å²) in [5.41, 5.74) is 1.42. The predicted octanol–water partition coefficient (Wildman–Crippen LogP) is -0.676. The van der Waals surface area contributed by atoms with Gasteiger partial charge in [0.2, 0.25) is 0 Å². The molecule has 8 heteroatoms. The zero-order valence-corrected chi connectivity index (χ0v) is 10.9. The summed E-state index contributed by atoms with van der Waals surface area (Å²) in [4.78, 5) is 17.9. The molecule has 1 radical (unpaired) electrons. The first-order chi connectivity index (χ1) is 9.69. The Hall–Kier alpha value is -2.45. The molecule has 2 heterocycles. The molecule has 107 valence electrons. The van der Waals surface area contributed by atoms with Crippen LogP contribution in [0.25, 0.3) is 11.0 Å². The highest BCUT2D eigenvalue weighted by Crippen LogP contribution is 2.15. The molecule has 0 saturated carbocycles. The van der Waals surface area contributed by atoms with Crippen molar-refractivity contribution in [3.8, 4) is 0 Å². The Balaban J connectivity index is 0.00000161. The van der Waals surface area contributed by atoms with Crippen LogP contribution in [-0.2, 0) is 6.54 Å². The van der Waals surface area contributed by atoms with Gasteiger partial charge in [-0.05, 0) is 5.56 Å². The van der Waals surface area contributed by atoms with Gasteiger partial charge in [0.25, 0.3) is 5.56 Å². The third-order valence-electron chi connectivity index (χ3n) is 3.09. The van der Waals surface area contributed by atoms with E-state index in [2.05, 4.69) is 9.97 Å². The summed E-state index contributed by atoms with van der Waals surface area (Å²) in [6.07, 6.45) is 2.52. The molecule has 0 saturated heterocycles. The van der Waals surface area contributed by atoms with Gasteiger partial charge in [-0.2, -0.15) is 0 Å². The van der Waals surface area contributed by atoms with Crippen molar-refractivity contribution in [3.05, 3.63) is 58.5 Å². The van der Waals surface area contributed by atoms with Crippen LogP contribution in [0.2, 0.25) is 0 Å². The Bertz CT molecular complexity index is 814. The first kappa shape index (κ1) is 15.0. The van der Waals surface area contributed by atoms with E-state index in [1.807, 2.05) is 12.1 Å². The number of hydrogen-bond acceptors (Lipinski definition) is 3. The van der Waals surface area contributed by atoms with Crippen molar-refractivity contribution in [1.82, 2.24) is 14.5 Å². The van der Waals surface area contributed by atoms with Gasteiger partial charge in [-0.3, -0.25) is 4.79 Å². The average Bonchev–Trinajstić information content (AvgIpc) is 2.77. The molecule has 6 nitrogen and oxygen atoms in total. The number of rotatable bonds is 3. The summed E-state index contributed by atoms with van der Waals surface area (Å²) in [6, 6.07) is 7.13. The molecule has 3 aromatic rings. The number of hydrogen-bond donors (Lipinski definition) is 2. The molecular formula is C13H12BFN3O3. The van der Waals surface area contributed by atoms with Crippen LogP contribution in [0.3, 0.4) is 0 Å². The normalized spacial score (nSPS) is 10.4. The van der Waals surface area contributed by atoms with Gasteiger partial charge in [-0.25, -0.2) is 9.37 Å². The quantitative estimate of drug-likeness (QED) is 0.624. The van der Waals surface area contributed by atoms with Crippen molar-refractivity contribution < 1.29 is 14.9 Å². The van der Waals surface area contributed by atoms with Gasteiger partial charge in [-0.1, -0.05) is 29.7 Å². The van der Waals surface area contributed by atoms with Crippen LogP contribution in [0.1, 0.15) is 5.56 Å².